The van der Waals surface area contributed by atoms with Crippen LogP contribution in [0.15, 0.2) is 59.8 Å². The number of methoxy groups -OCH3 is 1. The standard InChI is InChI=1S/C24H28N4O4S/c1-5-28-15(3)20(22(29)31-4)21(27-24(28)33)16-8-7-9-18(14-16)26-23(30)25-17-10-12-19(13-11-17)32-6-2/h7-14,21H,5-6H2,1-4H3,(H,27,33)(H2,25,26,30). The number of nitrogens with zero attached hydrogens (tertiary/aromatic N) is 1. The number of anilines is 2. The van der Waals surface area contributed by atoms with Gasteiger partial charge in [0.25, 0.3) is 0 Å². The van der Waals surface area contributed by atoms with Crippen molar-refractivity contribution < 1.29 is 19.1 Å². The van der Waals surface area contributed by atoms with Crippen LogP contribution >= 0.6 is 12.2 Å². The van der Waals surface area contributed by atoms with Crippen molar-refractivity contribution in [2.75, 3.05) is 30.9 Å². The highest BCUT2D eigenvalue weighted by Crippen LogP contribution is 2.32. The third-order valence-corrected chi connectivity index (χ3v) is 5.56. The van der Waals surface area contributed by atoms with E-state index in [4.69, 9.17) is 21.7 Å². The predicted molar refractivity (Wildman–Crippen MR) is 132 cm³/mol. The van der Waals surface area contributed by atoms with Crippen molar-refractivity contribution in [2.24, 2.45) is 0 Å². The molecule has 1 aliphatic rings. The summed E-state index contributed by atoms with van der Waals surface area (Å²) < 4.78 is 10.4. The van der Waals surface area contributed by atoms with Gasteiger partial charge in [0.05, 0.1) is 25.3 Å². The Balaban J connectivity index is 1.79. The van der Waals surface area contributed by atoms with E-state index in [1.54, 1.807) is 36.4 Å². The molecule has 33 heavy (non-hydrogen) atoms. The van der Waals surface area contributed by atoms with Crippen LogP contribution in [0.2, 0.25) is 0 Å². The fourth-order valence-corrected chi connectivity index (χ4v) is 4.06. The molecule has 0 radical (unpaired) electrons. The fraction of sp³-hybridized carbons (Fsp3) is 0.292. The van der Waals surface area contributed by atoms with Crippen LogP contribution in [0, 0.1) is 0 Å². The Hall–Kier alpha value is -3.59. The van der Waals surface area contributed by atoms with Gasteiger partial charge in [-0.1, -0.05) is 12.1 Å². The lowest BCUT2D eigenvalue weighted by molar-refractivity contribution is -0.136. The van der Waals surface area contributed by atoms with Crippen LogP contribution in [-0.4, -0.2) is 42.3 Å². The summed E-state index contributed by atoms with van der Waals surface area (Å²) in [6, 6.07) is 13.5. The number of hydrogen-bond acceptors (Lipinski definition) is 5. The topological polar surface area (TPSA) is 91.9 Å². The number of carbonyl (C=O) groups excluding carboxylic acids is 2. The van der Waals surface area contributed by atoms with Crippen LogP contribution in [0.5, 0.6) is 5.75 Å². The molecule has 0 bridgehead atoms. The Kier molecular flexibility index (Phi) is 7.89. The first-order valence-corrected chi connectivity index (χ1v) is 11.1. The van der Waals surface area contributed by atoms with E-state index in [1.165, 1.54) is 7.11 Å². The number of thiocarbonyl (C=S) groups is 1. The number of rotatable bonds is 7. The van der Waals surface area contributed by atoms with Crippen molar-refractivity contribution in [3.63, 3.8) is 0 Å². The first-order valence-electron chi connectivity index (χ1n) is 10.7. The van der Waals surface area contributed by atoms with E-state index < -0.39 is 12.0 Å². The van der Waals surface area contributed by atoms with Gasteiger partial charge in [0.1, 0.15) is 5.75 Å². The molecule has 8 nitrogen and oxygen atoms in total. The summed E-state index contributed by atoms with van der Waals surface area (Å²) >= 11 is 5.50. The maximum atomic E-state index is 12.6. The summed E-state index contributed by atoms with van der Waals surface area (Å²) in [4.78, 5) is 26.9. The van der Waals surface area contributed by atoms with Crippen molar-refractivity contribution in [1.82, 2.24) is 10.2 Å². The van der Waals surface area contributed by atoms with Gasteiger partial charge in [-0.15, -0.1) is 0 Å². The molecular weight excluding hydrogens is 440 g/mol. The number of amides is 2. The molecule has 3 rings (SSSR count). The van der Waals surface area contributed by atoms with E-state index >= 15 is 0 Å². The second-order valence-electron chi connectivity index (χ2n) is 7.28. The minimum atomic E-state index is -0.497. The lowest BCUT2D eigenvalue weighted by Crippen LogP contribution is -2.47. The Morgan fingerprint density at radius 3 is 2.42 bits per heavy atom. The average Bonchev–Trinajstić information content (AvgIpc) is 2.80. The number of urea groups is 1. The van der Waals surface area contributed by atoms with Gasteiger partial charge in [0.2, 0.25) is 0 Å². The van der Waals surface area contributed by atoms with E-state index in [0.29, 0.717) is 35.2 Å². The van der Waals surface area contributed by atoms with Crippen molar-refractivity contribution in [3.8, 4) is 5.75 Å². The molecule has 1 unspecified atom stereocenters. The monoisotopic (exact) mass is 468 g/mol. The van der Waals surface area contributed by atoms with Crippen molar-refractivity contribution in [1.29, 1.82) is 0 Å². The van der Waals surface area contributed by atoms with Gasteiger partial charge in [-0.25, -0.2) is 9.59 Å². The zero-order valence-corrected chi connectivity index (χ0v) is 19.9. The molecular formula is C24H28N4O4S. The number of esters is 1. The van der Waals surface area contributed by atoms with Gasteiger partial charge >= 0.3 is 12.0 Å². The zero-order valence-electron chi connectivity index (χ0n) is 19.1. The smallest absolute Gasteiger partial charge is 0.337 e. The van der Waals surface area contributed by atoms with Gasteiger partial charge < -0.3 is 30.3 Å². The van der Waals surface area contributed by atoms with Crippen LogP contribution in [0.3, 0.4) is 0 Å². The van der Waals surface area contributed by atoms with Gasteiger partial charge in [-0.05, 0) is 75.0 Å². The molecule has 1 aliphatic heterocycles. The van der Waals surface area contributed by atoms with Crippen LogP contribution in [0.1, 0.15) is 32.4 Å². The largest absolute Gasteiger partial charge is 0.494 e. The predicted octanol–water partition coefficient (Wildman–Crippen LogP) is 4.43. The molecule has 2 aromatic carbocycles. The summed E-state index contributed by atoms with van der Waals surface area (Å²) in [5, 5.41) is 9.37. The second kappa shape index (κ2) is 10.8. The number of ether oxygens (including phenoxy) is 2. The normalized spacial score (nSPS) is 15.6. The van der Waals surface area contributed by atoms with Crippen LogP contribution < -0.4 is 20.7 Å². The number of hydrogen-bond donors (Lipinski definition) is 3. The van der Waals surface area contributed by atoms with E-state index in [9.17, 15) is 9.59 Å². The Bertz CT molecular complexity index is 1070. The molecule has 174 valence electrons. The first-order chi connectivity index (χ1) is 15.9. The van der Waals surface area contributed by atoms with Crippen molar-refractivity contribution in [2.45, 2.75) is 26.8 Å². The van der Waals surface area contributed by atoms with Crippen LogP contribution in [0.4, 0.5) is 16.2 Å². The van der Waals surface area contributed by atoms with E-state index in [0.717, 1.165) is 17.0 Å². The molecule has 3 N–H and O–H groups in total. The lowest BCUT2D eigenvalue weighted by atomic mass is 9.94. The van der Waals surface area contributed by atoms with Crippen LogP contribution in [0.25, 0.3) is 0 Å². The molecule has 9 heteroatoms. The molecule has 2 amide bonds. The summed E-state index contributed by atoms with van der Waals surface area (Å²) in [5.41, 5.74) is 3.20. The van der Waals surface area contributed by atoms with Crippen molar-refractivity contribution >= 4 is 40.7 Å². The number of carbonyl (C=O) groups is 2. The molecule has 0 aromatic heterocycles. The average molecular weight is 469 g/mol. The number of nitrogens with one attached hydrogen (secondary N) is 3. The quantitative estimate of drug-likeness (QED) is 0.409. The highest BCUT2D eigenvalue weighted by atomic mass is 32.1. The molecule has 1 atom stereocenters. The summed E-state index contributed by atoms with van der Waals surface area (Å²) in [7, 11) is 1.35. The fourth-order valence-electron chi connectivity index (χ4n) is 3.68. The highest BCUT2D eigenvalue weighted by molar-refractivity contribution is 7.80. The maximum absolute atomic E-state index is 12.6. The first kappa shape index (κ1) is 24.1. The van der Waals surface area contributed by atoms with Crippen LogP contribution in [-0.2, 0) is 9.53 Å². The Morgan fingerprint density at radius 2 is 1.79 bits per heavy atom. The summed E-state index contributed by atoms with van der Waals surface area (Å²) in [6.07, 6.45) is 0. The lowest BCUT2D eigenvalue weighted by Gasteiger charge is -2.37. The molecule has 0 fully saturated rings. The van der Waals surface area contributed by atoms with Gasteiger partial charge in [0.15, 0.2) is 5.11 Å². The maximum Gasteiger partial charge on any atom is 0.337 e. The van der Waals surface area contributed by atoms with E-state index in [2.05, 4.69) is 16.0 Å². The third-order valence-electron chi connectivity index (χ3n) is 5.22. The minimum Gasteiger partial charge on any atom is -0.494 e. The van der Waals surface area contributed by atoms with Crippen molar-refractivity contribution in [3.05, 3.63) is 65.4 Å². The molecule has 1 heterocycles. The second-order valence-corrected chi connectivity index (χ2v) is 7.67. The summed E-state index contributed by atoms with van der Waals surface area (Å²) in [5.74, 6) is 0.304. The van der Waals surface area contributed by atoms with Gasteiger partial charge in [-0.3, -0.25) is 0 Å². The van der Waals surface area contributed by atoms with E-state index in [1.807, 2.05) is 37.8 Å². The number of benzene rings is 2. The van der Waals surface area contributed by atoms with Gasteiger partial charge in [0, 0.05) is 23.6 Å². The zero-order chi connectivity index (χ0) is 24.0. The Labute approximate surface area is 198 Å². The highest BCUT2D eigenvalue weighted by Gasteiger charge is 2.34. The molecule has 0 saturated heterocycles. The SMILES string of the molecule is CCOc1ccc(NC(=O)Nc2cccc(C3NC(=S)N(CC)C(C)=C3C(=O)OC)c2)cc1. The molecule has 0 aliphatic carbocycles. The molecule has 2 aromatic rings. The molecule has 0 spiro atoms. The Morgan fingerprint density at radius 1 is 1.09 bits per heavy atom. The minimum absolute atomic E-state index is 0.388. The number of allylic oxidation sites excluding steroid dienone is 1. The van der Waals surface area contributed by atoms with Gasteiger partial charge in [-0.2, -0.15) is 0 Å². The summed E-state index contributed by atoms with van der Waals surface area (Å²) in [6.45, 7) is 6.92. The molecule has 0 saturated carbocycles. The van der Waals surface area contributed by atoms with E-state index in [-0.39, 0.29) is 6.03 Å². The third kappa shape index (κ3) is 5.61.